The van der Waals surface area contributed by atoms with Crippen LogP contribution in [0.2, 0.25) is 0 Å². The lowest BCUT2D eigenvalue weighted by atomic mass is 9.52. The van der Waals surface area contributed by atoms with Crippen molar-refractivity contribution in [1.82, 2.24) is 0 Å². The van der Waals surface area contributed by atoms with Crippen molar-refractivity contribution in [2.24, 2.45) is 11.8 Å². The van der Waals surface area contributed by atoms with Gasteiger partial charge >= 0.3 is 11.9 Å². The number of halogens is 2. The Bertz CT molecular complexity index is 1090. The van der Waals surface area contributed by atoms with Crippen molar-refractivity contribution >= 4 is 11.9 Å². The zero-order valence-electron chi connectivity index (χ0n) is 32.1. The van der Waals surface area contributed by atoms with Crippen LogP contribution >= 0.6 is 0 Å². The van der Waals surface area contributed by atoms with Gasteiger partial charge in [0.2, 0.25) is 0 Å². The molecule has 3 rings (SSSR count). The maximum absolute atomic E-state index is 13.8. The predicted molar refractivity (Wildman–Crippen MR) is 198 cm³/mol. The first-order valence-corrected chi connectivity index (χ1v) is 19.3. The van der Waals surface area contributed by atoms with Crippen molar-refractivity contribution in [3.63, 3.8) is 0 Å². The van der Waals surface area contributed by atoms with Crippen LogP contribution in [0.15, 0.2) is 60.7 Å². The zero-order chi connectivity index (χ0) is 34.8. The number of benzene rings is 2. The van der Waals surface area contributed by atoms with Crippen LogP contribution in [0, 0.1) is 11.8 Å². The number of carbonyl (C=O) groups is 2. The Morgan fingerprint density at radius 2 is 0.800 bits per heavy atom. The van der Waals surface area contributed by atoms with E-state index in [-0.39, 0.29) is 71.7 Å². The molecule has 6 nitrogen and oxygen atoms in total. The van der Waals surface area contributed by atoms with E-state index in [9.17, 15) is 9.59 Å². The number of carbonyl (C=O) groups excluding carboxylic acids is 2. The molecular weight excluding hydrogens is 850 g/mol. The summed E-state index contributed by atoms with van der Waals surface area (Å²) in [6.07, 6.45) is 11.1. The van der Waals surface area contributed by atoms with Gasteiger partial charge in [0.05, 0.1) is 78.4 Å². The molecule has 0 spiro atoms. The molecular formula is C42H68I2N2O4. The molecule has 1 aliphatic rings. The number of hydrogen-bond donors (Lipinski definition) is 0. The molecule has 0 aliphatic heterocycles. The van der Waals surface area contributed by atoms with Gasteiger partial charge in [-0.1, -0.05) is 86.3 Å². The van der Waals surface area contributed by atoms with Crippen LogP contribution in [-0.4, -0.2) is 87.5 Å². The summed E-state index contributed by atoms with van der Waals surface area (Å²) in [5.74, 6) is -1.73. The van der Waals surface area contributed by atoms with E-state index in [0.717, 1.165) is 58.6 Å². The predicted octanol–water partition coefficient (Wildman–Crippen LogP) is 2.77. The van der Waals surface area contributed by atoms with Crippen LogP contribution < -0.4 is 48.0 Å². The molecule has 0 unspecified atom stereocenters. The molecule has 0 N–H and O–H groups in total. The Labute approximate surface area is 339 Å². The molecule has 8 heteroatoms. The summed E-state index contributed by atoms with van der Waals surface area (Å²) in [6.45, 7) is 17.1. The third kappa shape index (κ3) is 14.3. The normalized spacial score (nSPS) is 18.7. The van der Waals surface area contributed by atoms with E-state index in [0.29, 0.717) is 13.2 Å². The van der Waals surface area contributed by atoms with Gasteiger partial charge in [-0.3, -0.25) is 9.59 Å². The summed E-state index contributed by atoms with van der Waals surface area (Å²) in [7, 11) is 4.68. The van der Waals surface area contributed by atoms with Gasteiger partial charge in [0.15, 0.2) is 0 Å². The summed E-state index contributed by atoms with van der Waals surface area (Å²) < 4.78 is 14.2. The Morgan fingerprint density at radius 1 is 0.500 bits per heavy atom. The lowest BCUT2D eigenvalue weighted by molar-refractivity contribution is -0.906. The second kappa shape index (κ2) is 24.9. The summed E-state index contributed by atoms with van der Waals surface area (Å²) in [5.41, 5.74) is 2.01. The smallest absolute Gasteiger partial charge is 0.310 e. The van der Waals surface area contributed by atoms with Gasteiger partial charge in [0.1, 0.15) is 0 Å². The van der Waals surface area contributed by atoms with Crippen LogP contribution in [0.4, 0.5) is 0 Å². The van der Waals surface area contributed by atoms with Crippen molar-refractivity contribution in [1.29, 1.82) is 0 Å². The Morgan fingerprint density at radius 3 is 1.12 bits per heavy atom. The first kappa shape index (κ1) is 46.8. The van der Waals surface area contributed by atoms with Crippen molar-refractivity contribution in [2.45, 2.75) is 104 Å². The first-order chi connectivity index (χ1) is 23.2. The summed E-state index contributed by atoms with van der Waals surface area (Å²) in [6, 6.07) is 20.0. The van der Waals surface area contributed by atoms with Crippen molar-refractivity contribution in [2.75, 3.05) is 66.6 Å². The van der Waals surface area contributed by atoms with Gasteiger partial charge in [-0.05, 0) is 77.3 Å². The molecule has 0 atom stereocenters. The molecule has 2 aromatic carbocycles. The Kier molecular flexibility index (Phi) is 23.3. The fraction of sp³-hybridized carbons (Fsp3) is 0.667. The van der Waals surface area contributed by atoms with Crippen LogP contribution in [0.5, 0.6) is 0 Å². The number of nitrogens with zero attached hydrogens (tertiary/aromatic N) is 2. The molecule has 0 amide bonds. The van der Waals surface area contributed by atoms with Gasteiger partial charge in [-0.25, -0.2) is 0 Å². The number of hydrogen-bond acceptors (Lipinski definition) is 4. The first-order valence-electron chi connectivity index (χ1n) is 19.3. The fourth-order valence-corrected chi connectivity index (χ4v) is 7.38. The third-order valence-electron chi connectivity index (χ3n) is 11.7. The van der Waals surface area contributed by atoms with E-state index in [1.807, 2.05) is 60.7 Å². The van der Waals surface area contributed by atoms with E-state index in [4.69, 9.17) is 9.47 Å². The monoisotopic (exact) mass is 918 g/mol. The van der Waals surface area contributed by atoms with E-state index < -0.39 is 11.8 Å². The Hall–Kier alpha value is -1.24. The molecule has 284 valence electrons. The Balaban J connectivity index is 0.00000625. The van der Waals surface area contributed by atoms with Gasteiger partial charge in [-0.15, -0.1) is 0 Å². The largest absolute Gasteiger partial charge is 1.00 e. The van der Waals surface area contributed by atoms with E-state index in [1.165, 1.54) is 65.0 Å². The highest BCUT2D eigenvalue weighted by atomic mass is 127. The van der Waals surface area contributed by atoms with Gasteiger partial charge in [0, 0.05) is 11.8 Å². The highest BCUT2D eigenvalue weighted by Crippen LogP contribution is 2.58. The quantitative estimate of drug-likeness (QED) is 0.0705. The van der Waals surface area contributed by atoms with Gasteiger partial charge < -0.3 is 66.4 Å². The minimum absolute atomic E-state index is 0. The summed E-state index contributed by atoms with van der Waals surface area (Å²) >= 11 is 0. The third-order valence-corrected chi connectivity index (χ3v) is 11.7. The average Bonchev–Trinajstić information content (AvgIpc) is 3.10. The molecule has 1 aliphatic carbocycles. The van der Waals surface area contributed by atoms with Gasteiger partial charge in [0.25, 0.3) is 0 Å². The van der Waals surface area contributed by atoms with Crippen LogP contribution in [0.1, 0.15) is 115 Å². The highest BCUT2D eigenvalue weighted by Gasteiger charge is 2.59. The minimum atomic E-state index is -0.416. The van der Waals surface area contributed by atoms with Crippen molar-refractivity contribution < 1.29 is 76.0 Å². The molecule has 0 aromatic heterocycles. The molecule has 0 radical (unpaired) electrons. The molecule has 1 saturated carbocycles. The molecule has 0 heterocycles. The average molecular weight is 919 g/mol. The number of esters is 2. The molecule has 2 aromatic rings. The molecule has 0 bridgehead atoms. The van der Waals surface area contributed by atoms with Gasteiger partial charge in [-0.2, -0.15) is 0 Å². The minimum Gasteiger partial charge on any atom is -1.00 e. The number of rotatable bonds is 24. The molecule has 1 fully saturated rings. The lowest BCUT2D eigenvalue weighted by Gasteiger charge is -2.49. The number of quaternary nitrogens is 2. The summed E-state index contributed by atoms with van der Waals surface area (Å²) in [5, 5.41) is 0. The van der Waals surface area contributed by atoms with Crippen LogP contribution in [0.25, 0.3) is 0 Å². The second-order valence-electron chi connectivity index (χ2n) is 14.7. The SMILES string of the molecule is CC[N+](C)(CC)CCCCCCCOC(=O)C1C(c2ccccc2)C(C(=O)OCCCCCCC[N+](C)(CC)CC)C1c1ccccc1.[I-].[I-]. The van der Waals surface area contributed by atoms with E-state index in [1.54, 1.807) is 0 Å². The lowest BCUT2D eigenvalue weighted by Crippen LogP contribution is -3.00. The standard InChI is InChI=1S/C42H68N2O4.2HI/c1-7-43(5,8-2)31-23-13-11-15-25-33-47-41(45)39-37(35-27-19-17-20-28-35)40(38(39)36-29-21-18-22-30-36)42(46)48-34-26-16-12-14-24-32-44(6,9-3)10-4;;/h17-22,27-30,37-40H,7-16,23-26,31-34H2,1-6H3;2*1H/q+2;;/p-2. The van der Waals surface area contributed by atoms with Crippen LogP contribution in [0.3, 0.4) is 0 Å². The molecule has 50 heavy (non-hydrogen) atoms. The van der Waals surface area contributed by atoms with Crippen molar-refractivity contribution in [3.8, 4) is 0 Å². The molecule has 0 saturated heterocycles. The van der Waals surface area contributed by atoms with Crippen molar-refractivity contribution in [3.05, 3.63) is 71.8 Å². The van der Waals surface area contributed by atoms with E-state index in [2.05, 4.69) is 41.8 Å². The second-order valence-corrected chi connectivity index (χ2v) is 14.7. The maximum Gasteiger partial charge on any atom is 0.310 e. The number of ether oxygens (including phenoxy) is 2. The highest BCUT2D eigenvalue weighted by molar-refractivity contribution is 5.85. The zero-order valence-corrected chi connectivity index (χ0v) is 36.4. The number of unbranched alkanes of at least 4 members (excludes halogenated alkanes) is 8. The van der Waals surface area contributed by atoms with Crippen LogP contribution in [-0.2, 0) is 19.1 Å². The fourth-order valence-electron chi connectivity index (χ4n) is 7.38. The topological polar surface area (TPSA) is 52.6 Å². The van der Waals surface area contributed by atoms with E-state index >= 15 is 0 Å². The maximum atomic E-state index is 13.8. The summed E-state index contributed by atoms with van der Waals surface area (Å²) in [4.78, 5) is 27.6.